The molecule has 10 nitrogen and oxygen atoms in total. The van der Waals surface area contributed by atoms with Crippen molar-refractivity contribution in [2.75, 3.05) is 30.9 Å². The molecule has 1 aliphatic heterocycles. The molecule has 37 heavy (non-hydrogen) atoms. The van der Waals surface area contributed by atoms with E-state index < -0.39 is 0 Å². The lowest BCUT2D eigenvalue weighted by Gasteiger charge is -2.59. The van der Waals surface area contributed by atoms with Crippen molar-refractivity contribution in [1.82, 2.24) is 15.3 Å². The van der Waals surface area contributed by atoms with Crippen LogP contribution in [0.4, 0.5) is 11.5 Å². The van der Waals surface area contributed by atoms with Crippen LogP contribution in [-0.4, -0.2) is 48.0 Å². The Morgan fingerprint density at radius 2 is 2.05 bits per heavy atom. The van der Waals surface area contributed by atoms with Gasteiger partial charge in [0.1, 0.15) is 17.9 Å². The van der Waals surface area contributed by atoms with E-state index in [-0.39, 0.29) is 41.6 Å². The number of carbonyl (C=O) groups excluding carboxylic acids is 3. The fraction of sp³-hybridized carbons (Fsp3) is 0.444. The summed E-state index contributed by atoms with van der Waals surface area (Å²) in [4.78, 5) is 44.8. The Kier molecular flexibility index (Phi) is 6.35. The number of aromatic nitrogens is 2. The highest BCUT2D eigenvalue weighted by Gasteiger charge is 2.60. The highest BCUT2D eigenvalue weighted by Crippen LogP contribution is 2.63. The van der Waals surface area contributed by atoms with Gasteiger partial charge in [-0.25, -0.2) is 9.97 Å². The first kappa shape index (κ1) is 24.7. The number of carbonyl (C=O) groups is 3. The highest BCUT2D eigenvalue weighted by molar-refractivity contribution is 5.96. The van der Waals surface area contributed by atoms with E-state index in [4.69, 9.17) is 9.47 Å². The molecule has 1 atom stereocenters. The predicted molar refractivity (Wildman–Crippen MR) is 136 cm³/mol. The monoisotopic (exact) mass is 505 g/mol. The molecule has 1 aromatic heterocycles. The molecule has 6 rings (SSSR count). The van der Waals surface area contributed by atoms with Crippen LogP contribution in [0.5, 0.6) is 5.75 Å². The minimum absolute atomic E-state index is 0.0149. The number of hydrogen-bond acceptors (Lipinski definition) is 8. The summed E-state index contributed by atoms with van der Waals surface area (Å²) in [5.41, 5.74) is 2.30. The number of amides is 2. The molecule has 194 valence electrons. The Bertz CT molecular complexity index is 1270. The van der Waals surface area contributed by atoms with Gasteiger partial charge in [0, 0.05) is 12.6 Å². The molecule has 2 aromatic rings. The van der Waals surface area contributed by atoms with Gasteiger partial charge < -0.3 is 25.4 Å². The summed E-state index contributed by atoms with van der Waals surface area (Å²) in [5.74, 6) is 0.863. The van der Waals surface area contributed by atoms with Crippen LogP contribution in [0.3, 0.4) is 0 Å². The summed E-state index contributed by atoms with van der Waals surface area (Å²) >= 11 is 0. The minimum atomic E-state index is -0.281. The van der Waals surface area contributed by atoms with Crippen LogP contribution in [0.2, 0.25) is 0 Å². The van der Waals surface area contributed by atoms with Crippen LogP contribution in [0.25, 0.3) is 5.70 Å². The molecular weight excluding hydrogens is 474 g/mol. The predicted octanol–water partition coefficient (Wildman–Crippen LogP) is 2.92. The van der Waals surface area contributed by atoms with Gasteiger partial charge in [-0.2, -0.15) is 0 Å². The molecule has 0 radical (unpaired) electrons. The van der Waals surface area contributed by atoms with Crippen LogP contribution in [-0.2, 0) is 25.5 Å². The number of nitrogens with zero attached hydrogens (tertiary/aromatic N) is 2. The van der Waals surface area contributed by atoms with Crippen molar-refractivity contribution in [2.45, 2.75) is 39.0 Å². The third-order valence-corrected chi connectivity index (χ3v) is 8.04. The van der Waals surface area contributed by atoms with E-state index in [1.807, 2.05) is 0 Å². The molecule has 3 saturated carbocycles. The van der Waals surface area contributed by atoms with Crippen LogP contribution >= 0.6 is 0 Å². The molecule has 1 unspecified atom stereocenters. The normalized spacial score (nSPS) is 25.5. The van der Waals surface area contributed by atoms with Crippen molar-refractivity contribution < 1.29 is 23.9 Å². The summed E-state index contributed by atoms with van der Waals surface area (Å²) in [7, 11) is 1.46. The first-order valence-electron chi connectivity index (χ1n) is 12.4. The number of fused-ring (bicyclic) bond motifs is 3. The molecule has 2 heterocycles. The number of hydrogen-bond donors (Lipinski definition) is 3. The van der Waals surface area contributed by atoms with Gasteiger partial charge in [-0.3, -0.25) is 14.4 Å². The lowest BCUT2D eigenvalue weighted by atomic mass is 9.45. The van der Waals surface area contributed by atoms with Crippen LogP contribution in [0.15, 0.2) is 37.2 Å². The van der Waals surface area contributed by atoms with Crippen LogP contribution in [0, 0.1) is 16.7 Å². The zero-order valence-electron chi connectivity index (χ0n) is 21.1. The molecular formula is C27H31N5O5. The number of nitrogens with one attached hydrogen (secondary N) is 3. The van der Waals surface area contributed by atoms with Crippen LogP contribution < -0.4 is 20.7 Å². The lowest BCUT2D eigenvalue weighted by molar-refractivity contribution is -0.178. The van der Waals surface area contributed by atoms with Gasteiger partial charge in [-0.1, -0.05) is 19.6 Å². The lowest BCUT2D eigenvalue weighted by Crippen LogP contribution is -2.57. The van der Waals surface area contributed by atoms with Gasteiger partial charge in [-0.05, 0) is 54.7 Å². The van der Waals surface area contributed by atoms with E-state index in [0.717, 1.165) is 37.8 Å². The topological polar surface area (TPSA) is 132 Å². The molecule has 3 fully saturated rings. The first-order valence-corrected chi connectivity index (χ1v) is 12.4. The van der Waals surface area contributed by atoms with Crippen LogP contribution in [0.1, 0.15) is 43.9 Å². The van der Waals surface area contributed by atoms with E-state index in [0.29, 0.717) is 34.6 Å². The molecule has 4 aliphatic rings. The molecule has 3 aliphatic carbocycles. The Balaban J connectivity index is 1.15. The molecule has 3 N–H and O–H groups in total. The minimum Gasteiger partial charge on any atom is -0.482 e. The molecule has 0 spiro atoms. The van der Waals surface area contributed by atoms with Gasteiger partial charge in [0.15, 0.2) is 6.61 Å². The maximum Gasteiger partial charge on any atom is 0.311 e. The second-order valence-electron chi connectivity index (χ2n) is 10.5. The van der Waals surface area contributed by atoms with Gasteiger partial charge in [0.2, 0.25) is 5.91 Å². The standard InChI is InChI=1S/C27H31N5O5/c1-16(28-14-26(2)6-7-27(25(35)36-3)11-18(26)12-27)19-10-22(30-15-29-19)32-23(33)9-17-4-5-21-20(8-17)31-24(34)13-37-21/h4-5,8,10,15,18,28H,1,6-7,9,11-14H2,2-3H3,(H,31,34)(H,29,30,32,33). The number of benzene rings is 1. The molecule has 2 bridgehead atoms. The maximum atomic E-state index is 12.6. The summed E-state index contributed by atoms with van der Waals surface area (Å²) < 4.78 is 10.4. The molecule has 0 saturated heterocycles. The third kappa shape index (κ3) is 4.87. The smallest absolute Gasteiger partial charge is 0.311 e. The van der Waals surface area contributed by atoms with Crippen molar-refractivity contribution in [2.24, 2.45) is 16.7 Å². The Labute approximate surface area is 215 Å². The number of rotatable bonds is 8. The first-order chi connectivity index (χ1) is 17.7. The Morgan fingerprint density at radius 3 is 2.78 bits per heavy atom. The van der Waals surface area contributed by atoms with Gasteiger partial charge in [0.25, 0.3) is 5.91 Å². The summed E-state index contributed by atoms with van der Waals surface area (Å²) in [5, 5.41) is 8.96. The quantitative estimate of drug-likeness (QED) is 0.467. The van der Waals surface area contributed by atoms with E-state index in [2.05, 4.69) is 39.4 Å². The van der Waals surface area contributed by atoms with E-state index in [1.54, 1.807) is 24.3 Å². The third-order valence-electron chi connectivity index (χ3n) is 8.04. The summed E-state index contributed by atoms with van der Waals surface area (Å²) in [6.07, 6.45) is 5.02. The Hall–Kier alpha value is -3.95. The van der Waals surface area contributed by atoms with E-state index in [9.17, 15) is 14.4 Å². The largest absolute Gasteiger partial charge is 0.482 e. The fourth-order valence-corrected chi connectivity index (χ4v) is 5.63. The van der Waals surface area contributed by atoms with Crippen molar-refractivity contribution in [3.8, 4) is 5.75 Å². The van der Waals surface area contributed by atoms with Crippen molar-refractivity contribution >= 4 is 35.0 Å². The van der Waals surface area contributed by atoms with Gasteiger partial charge in [-0.15, -0.1) is 0 Å². The molecule has 10 heteroatoms. The fourth-order valence-electron chi connectivity index (χ4n) is 5.63. The van der Waals surface area contributed by atoms with E-state index in [1.165, 1.54) is 13.4 Å². The number of esters is 1. The zero-order chi connectivity index (χ0) is 26.2. The second kappa shape index (κ2) is 9.49. The van der Waals surface area contributed by atoms with Crippen molar-refractivity contribution in [3.05, 3.63) is 48.4 Å². The van der Waals surface area contributed by atoms with Gasteiger partial charge in [0.05, 0.1) is 36.0 Å². The number of methoxy groups -OCH3 is 1. The van der Waals surface area contributed by atoms with Crippen molar-refractivity contribution in [1.29, 1.82) is 0 Å². The summed E-state index contributed by atoms with van der Waals surface area (Å²) in [6, 6.07) is 6.94. The second-order valence-corrected chi connectivity index (χ2v) is 10.5. The molecule has 1 aromatic carbocycles. The average Bonchev–Trinajstić information content (AvgIpc) is 2.86. The van der Waals surface area contributed by atoms with E-state index >= 15 is 0 Å². The number of ether oxygens (including phenoxy) is 2. The Morgan fingerprint density at radius 1 is 1.24 bits per heavy atom. The highest BCUT2D eigenvalue weighted by atomic mass is 16.5. The zero-order valence-corrected chi connectivity index (χ0v) is 21.1. The maximum absolute atomic E-state index is 12.6. The summed E-state index contributed by atoms with van der Waals surface area (Å²) in [6.45, 7) is 7.09. The SMILES string of the molecule is C=C(NCC1(C)CCC2(C(=O)OC)CC1C2)c1cc(NC(=O)Cc2ccc3c(c2)NC(=O)CO3)ncn1. The average molecular weight is 506 g/mol. The van der Waals surface area contributed by atoms with Crippen molar-refractivity contribution in [3.63, 3.8) is 0 Å². The number of anilines is 2. The van der Waals surface area contributed by atoms with Gasteiger partial charge >= 0.3 is 5.97 Å². The molecule has 2 amide bonds.